The first-order chi connectivity index (χ1) is 15.4. The number of carbonyl (C=O) groups is 2. The lowest BCUT2D eigenvalue weighted by Gasteiger charge is -2.55. The predicted octanol–water partition coefficient (Wildman–Crippen LogP) is 4.29. The standard InChI is InChI=1S/C25H25ClN4O2/c1-3-21(31)28-15-25(16-28)11-13-29(17(2)14-25)24(32)23-22(18-8-4-5-9-19(18)26)20-10-6-7-12-30(20)27-23/h3-10,12,17H,1,11,13-16H2,2H3/t17-/m1/s1. The normalized spacial score (nSPS) is 19.8. The average Bonchev–Trinajstić information content (AvgIpc) is 3.16. The van der Waals surface area contributed by atoms with E-state index in [-0.39, 0.29) is 23.3 Å². The van der Waals surface area contributed by atoms with E-state index in [1.54, 1.807) is 4.52 Å². The van der Waals surface area contributed by atoms with Crippen LogP contribution in [0.3, 0.4) is 0 Å². The number of amides is 2. The Morgan fingerprint density at radius 2 is 1.94 bits per heavy atom. The van der Waals surface area contributed by atoms with Gasteiger partial charge in [-0.15, -0.1) is 0 Å². The van der Waals surface area contributed by atoms with Crippen LogP contribution in [-0.2, 0) is 4.79 Å². The van der Waals surface area contributed by atoms with Crippen molar-refractivity contribution < 1.29 is 9.59 Å². The van der Waals surface area contributed by atoms with E-state index in [1.807, 2.05) is 58.5 Å². The third kappa shape index (κ3) is 3.30. The molecule has 3 aromatic rings. The molecule has 2 aliphatic rings. The van der Waals surface area contributed by atoms with Crippen LogP contribution in [0.5, 0.6) is 0 Å². The van der Waals surface area contributed by atoms with Crippen LogP contribution in [0.15, 0.2) is 61.3 Å². The van der Waals surface area contributed by atoms with E-state index in [4.69, 9.17) is 11.6 Å². The lowest BCUT2D eigenvalue weighted by atomic mass is 9.69. The molecule has 5 rings (SSSR count). The van der Waals surface area contributed by atoms with Crippen molar-refractivity contribution in [1.82, 2.24) is 19.4 Å². The Bertz CT molecular complexity index is 1230. The first-order valence-electron chi connectivity index (χ1n) is 10.9. The van der Waals surface area contributed by atoms with Crippen molar-refractivity contribution >= 4 is 28.9 Å². The highest BCUT2D eigenvalue weighted by Gasteiger charge is 2.49. The van der Waals surface area contributed by atoms with Gasteiger partial charge in [0.25, 0.3) is 5.91 Å². The fourth-order valence-electron chi connectivity index (χ4n) is 5.27. The van der Waals surface area contributed by atoms with Gasteiger partial charge in [-0.05, 0) is 44.0 Å². The summed E-state index contributed by atoms with van der Waals surface area (Å²) >= 11 is 6.52. The molecule has 1 atom stereocenters. The number of hydrogen-bond donors (Lipinski definition) is 0. The molecule has 7 heteroatoms. The molecule has 0 saturated carbocycles. The van der Waals surface area contributed by atoms with Gasteiger partial charge in [0, 0.05) is 53.4 Å². The zero-order valence-corrected chi connectivity index (χ0v) is 18.8. The predicted molar refractivity (Wildman–Crippen MR) is 125 cm³/mol. The van der Waals surface area contributed by atoms with E-state index in [2.05, 4.69) is 18.6 Å². The molecule has 0 aliphatic carbocycles. The van der Waals surface area contributed by atoms with Crippen molar-refractivity contribution in [2.45, 2.75) is 25.8 Å². The zero-order valence-electron chi connectivity index (χ0n) is 18.0. The van der Waals surface area contributed by atoms with E-state index < -0.39 is 0 Å². The fraction of sp³-hybridized carbons (Fsp3) is 0.320. The van der Waals surface area contributed by atoms with Crippen molar-refractivity contribution in [1.29, 1.82) is 0 Å². The van der Waals surface area contributed by atoms with E-state index in [0.29, 0.717) is 17.3 Å². The summed E-state index contributed by atoms with van der Waals surface area (Å²) < 4.78 is 1.74. The Labute approximate surface area is 192 Å². The summed E-state index contributed by atoms with van der Waals surface area (Å²) in [5.41, 5.74) is 2.93. The molecule has 0 unspecified atom stereocenters. The number of hydrogen-bond acceptors (Lipinski definition) is 3. The van der Waals surface area contributed by atoms with Crippen LogP contribution in [-0.4, -0.2) is 56.9 Å². The van der Waals surface area contributed by atoms with Gasteiger partial charge >= 0.3 is 0 Å². The van der Waals surface area contributed by atoms with E-state index in [1.165, 1.54) is 6.08 Å². The van der Waals surface area contributed by atoms with Gasteiger partial charge in [-0.3, -0.25) is 9.59 Å². The second-order valence-corrected chi connectivity index (χ2v) is 9.34. The van der Waals surface area contributed by atoms with E-state index >= 15 is 0 Å². The summed E-state index contributed by atoms with van der Waals surface area (Å²) in [4.78, 5) is 29.4. The molecule has 0 bridgehead atoms. The van der Waals surface area contributed by atoms with Gasteiger partial charge in [0.15, 0.2) is 5.69 Å². The molecule has 1 aromatic carbocycles. The smallest absolute Gasteiger partial charge is 0.275 e. The molecule has 2 fully saturated rings. The quantitative estimate of drug-likeness (QED) is 0.561. The van der Waals surface area contributed by atoms with Crippen molar-refractivity contribution in [3.63, 3.8) is 0 Å². The molecule has 0 radical (unpaired) electrons. The van der Waals surface area contributed by atoms with Crippen LogP contribution in [0.4, 0.5) is 0 Å². The summed E-state index contributed by atoms with van der Waals surface area (Å²) in [6.07, 6.45) is 4.96. The third-order valence-electron chi connectivity index (χ3n) is 6.83. The first-order valence-corrected chi connectivity index (χ1v) is 11.2. The van der Waals surface area contributed by atoms with Crippen LogP contribution >= 0.6 is 11.6 Å². The SMILES string of the molecule is C=CC(=O)N1CC2(CCN(C(=O)c3nn4ccccc4c3-c3ccccc3Cl)[C@H](C)C2)C1. The molecule has 2 aromatic heterocycles. The van der Waals surface area contributed by atoms with Crippen molar-refractivity contribution in [2.24, 2.45) is 5.41 Å². The molecular weight excluding hydrogens is 424 g/mol. The molecular formula is C25H25ClN4O2. The van der Waals surface area contributed by atoms with Gasteiger partial charge < -0.3 is 9.80 Å². The summed E-state index contributed by atoms with van der Waals surface area (Å²) in [5.74, 6) is -0.0971. The largest absolute Gasteiger partial charge is 0.338 e. The van der Waals surface area contributed by atoms with Crippen molar-refractivity contribution in [3.8, 4) is 11.1 Å². The van der Waals surface area contributed by atoms with Crippen LogP contribution in [0, 0.1) is 5.41 Å². The Hall–Kier alpha value is -3.12. The number of halogens is 1. The topological polar surface area (TPSA) is 57.9 Å². The number of benzene rings is 1. The monoisotopic (exact) mass is 448 g/mol. The van der Waals surface area contributed by atoms with Gasteiger partial charge in [0.2, 0.25) is 5.91 Å². The van der Waals surface area contributed by atoms with Crippen LogP contribution < -0.4 is 0 Å². The van der Waals surface area contributed by atoms with Gasteiger partial charge in [-0.25, -0.2) is 4.52 Å². The Morgan fingerprint density at radius 1 is 1.19 bits per heavy atom. The number of aromatic nitrogens is 2. The first kappa shape index (κ1) is 20.8. The molecule has 2 aliphatic heterocycles. The lowest BCUT2D eigenvalue weighted by Crippen LogP contribution is -2.63. The molecule has 0 N–H and O–H groups in total. The van der Waals surface area contributed by atoms with Crippen LogP contribution in [0.2, 0.25) is 5.02 Å². The molecule has 4 heterocycles. The van der Waals surface area contributed by atoms with E-state index in [0.717, 1.165) is 42.6 Å². The van der Waals surface area contributed by atoms with Crippen LogP contribution in [0.25, 0.3) is 16.6 Å². The Morgan fingerprint density at radius 3 is 2.66 bits per heavy atom. The lowest BCUT2D eigenvalue weighted by molar-refractivity contribution is -0.142. The minimum atomic E-state index is -0.0793. The average molecular weight is 449 g/mol. The highest BCUT2D eigenvalue weighted by molar-refractivity contribution is 6.33. The number of carbonyl (C=O) groups excluding carboxylic acids is 2. The molecule has 1 spiro atoms. The number of piperidine rings is 1. The number of pyridine rings is 1. The Kier molecular flexibility index (Phi) is 5.05. The number of likely N-dealkylation sites (tertiary alicyclic amines) is 2. The minimum absolute atomic E-state index is 0.0177. The molecule has 2 amide bonds. The van der Waals surface area contributed by atoms with Crippen molar-refractivity contribution in [2.75, 3.05) is 19.6 Å². The van der Waals surface area contributed by atoms with Gasteiger partial charge in [0.05, 0.1) is 5.52 Å². The minimum Gasteiger partial charge on any atom is -0.338 e. The maximum absolute atomic E-state index is 13.8. The van der Waals surface area contributed by atoms with Gasteiger partial charge in [-0.1, -0.05) is 42.4 Å². The molecule has 2 saturated heterocycles. The third-order valence-corrected chi connectivity index (χ3v) is 7.16. The highest BCUT2D eigenvalue weighted by Crippen LogP contribution is 2.43. The van der Waals surface area contributed by atoms with Crippen LogP contribution in [0.1, 0.15) is 30.3 Å². The Balaban J connectivity index is 1.45. The molecule has 32 heavy (non-hydrogen) atoms. The summed E-state index contributed by atoms with van der Waals surface area (Å²) in [6.45, 7) is 7.78. The van der Waals surface area contributed by atoms with E-state index in [9.17, 15) is 9.59 Å². The second-order valence-electron chi connectivity index (χ2n) is 8.93. The number of nitrogens with zero attached hydrogens (tertiary/aromatic N) is 4. The summed E-state index contributed by atoms with van der Waals surface area (Å²) in [5, 5.41) is 5.25. The number of rotatable bonds is 3. The maximum atomic E-state index is 13.8. The summed E-state index contributed by atoms with van der Waals surface area (Å²) in [6, 6.07) is 13.4. The van der Waals surface area contributed by atoms with Gasteiger partial charge in [0.1, 0.15) is 0 Å². The zero-order chi connectivity index (χ0) is 22.5. The number of fused-ring (bicyclic) bond motifs is 1. The highest BCUT2D eigenvalue weighted by atomic mass is 35.5. The summed E-state index contributed by atoms with van der Waals surface area (Å²) in [7, 11) is 0. The van der Waals surface area contributed by atoms with Gasteiger partial charge in [-0.2, -0.15) is 5.10 Å². The molecule has 164 valence electrons. The fourth-order valence-corrected chi connectivity index (χ4v) is 5.50. The molecule has 6 nitrogen and oxygen atoms in total. The maximum Gasteiger partial charge on any atom is 0.275 e. The second kappa shape index (κ2) is 7.78. The van der Waals surface area contributed by atoms with Crippen molar-refractivity contribution in [3.05, 3.63) is 72.0 Å².